The van der Waals surface area contributed by atoms with Gasteiger partial charge in [0.05, 0.1) is 6.54 Å². The van der Waals surface area contributed by atoms with Gasteiger partial charge in [-0.2, -0.15) is 0 Å². The first-order chi connectivity index (χ1) is 39.9. The third-order valence-electron chi connectivity index (χ3n) is 14.7. The average Bonchev–Trinajstić information content (AvgIpc) is 1.56. The van der Waals surface area contributed by atoms with E-state index in [1.54, 1.807) is 58.3 Å². The van der Waals surface area contributed by atoms with Gasteiger partial charge in [-0.1, -0.05) is 86.3 Å². The Balaban J connectivity index is 0.000000243. The van der Waals surface area contributed by atoms with Crippen LogP contribution >= 0.6 is 0 Å². The van der Waals surface area contributed by atoms with E-state index in [-0.39, 0.29) is 78.7 Å². The number of fused-ring (bicyclic) bond motifs is 3. The summed E-state index contributed by atoms with van der Waals surface area (Å²) >= 11 is -12.0. The first kappa shape index (κ1) is 72.7. The zero-order valence-corrected chi connectivity index (χ0v) is 54.2. The van der Waals surface area contributed by atoms with Crippen LogP contribution in [-0.4, -0.2) is 115 Å². The fourth-order valence-electron chi connectivity index (χ4n) is 10.3. The Bertz CT molecular complexity index is 3340. The van der Waals surface area contributed by atoms with Gasteiger partial charge >= 0.3 is 58.6 Å². The van der Waals surface area contributed by atoms with E-state index in [0.717, 1.165) is 119 Å². The molecule has 11 rings (SSSR count). The molecule has 0 aromatic heterocycles. The SMILES string of the molecule is C.C=CCN1CCc2cc(-c3ccc(F)cc3)ccc2C1=O.C[C@H]1CCCN1.C[C@H]1CCCN1CCN1CCc2cc(-c3ccc(F)cc3)ccc2C1=O.O=CCN1CCc2cc(-c3ccc(F)cc3)ccc2C1=O.[Na+].[O-][I+3]([O-])([O-])[O-].[O]=[Os](=[O])(=[O])=[O]. The van der Waals surface area contributed by atoms with E-state index < -0.39 is 34.9 Å². The predicted octanol–water partition coefficient (Wildman–Crippen LogP) is 0.511. The number of aldehydes is 1. The first-order valence-electron chi connectivity index (χ1n) is 27.1. The standard InChI is InChI=1S/C22H25FN2O.C18H16FNO.C17H14FNO2.C5H11N.CH4.IO4.Na.4O.Os/c1-16-3-2-11-24(16)13-14-25-12-10-19-15-18(6-9-21(19)22(25)26)17-4-7-20(23)8-5-17;1-2-10-20-11-9-15-12-14(5-8-17(15)18(20)21)13-3-6-16(19)7-4-13;18-15-4-1-12(2-5-15)13-3-6-16-14(11-13)7-8-19(9-10-20)17(16)21;1-5-3-2-4-6-5;;2-1(3,4)5;;;;;;/h4-9,15-16H,2-3,10-14H2,1H3;2-8,12H,1,9-11H2;1-6,10-11H,7-9H2;5-6H,2-4H2,1H3;1H4;;;;;;;/q;;;;;-1;+1;;;;;/t16-;;;5-;;;;;;;;/m0..0......../s1. The molecular weight excluding hydrogens is 1420 g/mol. The molecule has 2 saturated heterocycles. The average molecular weight is 1490 g/mol. The summed E-state index contributed by atoms with van der Waals surface area (Å²) in [5.74, 6) is -0.646. The Kier molecular flexibility index (Phi) is 29.4. The minimum atomic E-state index is -6.06. The number of likely N-dealkylation sites (tertiary alicyclic amines) is 1. The second-order valence-electron chi connectivity index (χ2n) is 20.4. The molecule has 0 spiro atoms. The molecule has 86 heavy (non-hydrogen) atoms. The van der Waals surface area contributed by atoms with E-state index in [4.69, 9.17) is 27.9 Å². The minimum absolute atomic E-state index is 0. The molecule has 17 nitrogen and oxygen atoms in total. The van der Waals surface area contributed by atoms with Crippen LogP contribution in [0.5, 0.6) is 0 Å². The van der Waals surface area contributed by atoms with E-state index in [0.29, 0.717) is 31.2 Å². The van der Waals surface area contributed by atoms with Crippen LogP contribution in [0.25, 0.3) is 33.4 Å². The van der Waals surface area contributed by atoms with Gasteiger partial charge in [-0.3, -0.25) is 33.0 Å². The zero-order chi connectivity index (χ0) is 61.1. The summed E-state index contributed by atoms with van der Waals surface area (Å²) in [6.07, 6.45) is 10.2. The van der Waals surface area contributed by atoms with Gasteiger partial charge in [0.2, 0.25) is 0 Å². The van der Waals surface area contributed by atoms with Gasteiger partial charge < -0.3 is 24.8 Å². The Hall–Kier alpha value is -5.74. The van der Waals surface area contributed by atoms with Gasteiger partial charge in [0.15, 0.2) is 0 Å². The number of carbonyl (C=O) groups is 4. The maximum absolute atomic E-state index is 13.1. The van der Waals surface area contributed by atoms with Crippen molar-refractivity contribution in [1.29, 1.82) is 0 Å². The Morgan fingerprint density at radius 2 is 0.895 bits per heavy atom. The second-order valence-corrected chi connectivity index (χ2v) is 25.1. The molecule has 23 heteroatoms. The van der Waals surface area contributed by atoms with Crippen LogP contribution in [0.4, 0.5) is 13.2 Å². The number of halogens is 4. The third-order valence-corrected chi connectivity index (χ3v) is 14.7. The number of benzene rings is 6. The topological polar surface area (TPSA) is 254 Å². The van der Waals surface area contributed by atoms with Crippen molar-refractivity contribution in [3.8, 4) is 33.4 Å². The summed E-state index contributed by atoms with van der Waals surface area (Å²) in [5.41, 5.74) is 11.2. The zero-order valence-electron chi connectivity index (χ0n) is 47.5. The van der Waals surface area contributed by atoms with Crippen LogP contribution in [0.1, 0.15) is 94.7 Å². The van der Waals surface area contributed by atoms with Gasteiger partial charge in [0.1, 0.15) is 43.8 Å². The number of rotatable bonds is 10. The molecule has 1 N–H and O–H groups in total. The monoisotopic (exact) mass is 1490 g/mol. The van der Waals surface area contributed by atoms with Crippen molar-refractivity contribution in [3.05, 3.63) is 191 Å². The summed E-state index contributed by atoms with van der Waals surface area (Å²) in [7, 11) is 0. The van der Waals surface area contributed by atoms with E-state index in [2.05, 4.69) is 36.7 Å². The number of amides is 3. The van der Waals surface area contributed by atoms with Gasteiger partial charge in [-0.25, -0.2) is 13.2 Å². The van der Waals surface area contributed by atoms with Crippen molar-refractivity contribution in [1.82, 2.24) is 24.9 Å². The van der Waals surface area contributed by atoms with Crippen molar-refractivity contribution < 1.29 is 125 Å². The van der Waals surface area contributed by atoms with E-state index >= 15 is 0 Å². The molecule has 5 aliphatic heterocycles. The van der Waals surface area contributed by atoms with Crippen LogP contribution < -0.4 is 68.7 Å². The number of carbonyl (C=O) groups excluding carboxylic acids is 4. The fraction of sp³-hybridized carbons (Fsp3) is 0.333. The van der Waals surface area contributed by atoms with Crippen molar-refractivity contribution >= 4 is 24.0 Å². The predicted molar refractivity (Wildman–Crippen MR) is 297 cm³/mol. The number of hydrogen-bond acceptors (Lipinski definition) is 14. The molecule has 2 fully saturated rings. The fourth-order valence-corrected chi connectivity index (χ4v) is 10.3. The van der Waals surface area contributed by atoms with Crippen molar-refractivity contribution in [2.45, 2.75) is 78.3 Å². The molecule has 0 unspecified atom stereocenters. The van der Waals surface area contributed by atoms with Crippen molar-refractivity contribution in [3.63, 3.8) is 0 Å². The van der Waals surface area contributed by atoms with E-state index in [9.17, 15) is 32.3 Å². The second kappa shape index (κ2) is 34.7. The summed E-state index contributed by atoms with van der Waals surface area (Å²) in [6, 6.07) is 38.1. The number of nitrogens with zero attached hydrogens (tertiary/aromatic N) is 4. The molecule has 0 saturated carbocycles. The van der Waals surface area contributed by atoms with Gasteiger partial charge in [-0.15, -0.1) is 6.58 Å². The molecule has 0 aliphatic carbocycles. The Morgan fingerprint density at radius 1 is 0.547 bits per heavy atom. The molecule has 0 radical (unpaired) electrons. The van der Waals surface area contributed by atoms with Gasteiger partial charge in [-0.05, 0) is 177 Å². The molecule has 456 valence electrons. The first-order valence-corrected chi connectivity index (χ1v) is 34.8. The van der Waals surface area contributed by atoms with Crippen LogP contribution in [0.2, 0.25) is 0 Å². The molecule has 6 aromatic carbocycles. The molecule has 2 atom stereocenters. The number of nitrogens with one attached hydrogen (secondary N) is 1. The third kappa shape index (κ3) is 23.1. The van der Waals surface area contributed by atoms with E-state index in [1.165, 1.54) is 68.6 Å². The van der Waals surface area contributed by atoms with Crippen LogP contribution in [0.3, 0.4) is 0 Å². The van der Waals surface area contributed by atoms with Crippen LogP contribution in [0, 0.1) is 17.5 Å². The van der Waals surface area contributed by atoms with Crippen molar-refractivity contribution in [2.24, 2.45) is 0 Å². The summed E-state index contributed by atoms with van der Waals surface area (Å²) < 4.78 is 108. The Labute approximate surface area is 530 Å². The molecule has 6 aromatic rings. The molecule has 5 aliphatic rings. The molecular formula is C63H70F3IN5NaO12Os. The maximum atomic E-state index is 13.1. The van der Waals surface area contributed by atoms with Crippen LogP contribution in [-0.2, 0) is 53.1 Å². The molecule has 0 bridgehead atoms. The molecule has 3 amide bonds. The van der Waals surface area contributed by atoms with Crippen molar-refractivity contribution in [2.75, 3.05) is 58.9 Å². The van der Waals surface area contributed by atoms with Crippen LogP contribution in [0.15, 0.2) is 140 Å². The normalized spacial score (nSPS) is 16.8. The summed E-state index contributed by atoms with van der Waals surface area (Å²) in [4.78, 5) is 55.8. The summed E-state index contributed by atoms with van der Waals surface area (Å²) in [6.45, 7) is 15.1. The summed E-state index contributed by atoms with van der Waals surface area (Å²) in [5, 5.41) is 3.32. The quantitative estimate of drug-likeness (QED) is 0.0850. The number of hydrogen-bond donors (Lipinski definition) is 1. The molecule has 5 heterocycles. The van der Waals surface area contributed by atoms with Gasteiger partial charge in [0, 0.05) is 68.0 Å². The Morgan fingerprint density at radius 3 is 1.20 bits per heavy atom. The van der Waals surface area contributed by atoms with E-state index in [1.807, 2.05) is 47.4 Å². The van der Waals surface area contributed by atoms with Gasteiger partial charge in [0.25, 0.3) is 17.7 Å².